The van der Waals surface area contributed by atoms with Crippen molar-refractivity contribution in [2.45, 2.75) is 38.3 Å². The average molecular weight is 237 g/mol. The standard InChI is InChI=1S/C12H19N3O2/c1-14-11(6-7-13-14)8-15(9-12(16)17)10-4-2-3-5-10/h6-7,10H,2-5,8-9H2,1H3,(H,16,17). The third-order valence-electron chi connectivity index (χ3n) is 3.47. The molecule has 0 radical (unpaired) electrons. The fraction of sp³-hybridized carbons (Fsp3) is 0.667. The Morgan fingerprint density at radius 1 is 1.59 bits per heavy atom. The first-order chi connectivity index (χ1) is 8.16. The summed E-state index contributed by atoms with van der Waals surface area (Å²) in [6.07, 6.45) is 6.41. The van der Waals surface area contributed by atoms with Crippen LogP contribution in [0.3, 0.4) is 0 Å². The fourth-order valence-electron chi connectivity index (χ4n) is 2.52. The third-order valence-corrected chi connectivity index (χ3v) is 3.47. The van der Waals surface area contributed by atoms with Crippen molar-refractivity contribution in [2.24, 2.45) is 7.05 Å². The van der Waals surface area contributed by atoms with Gasteiger partial charge in [-0.1, -0.05) is 12.8 Å². The van der Waals surface area contributed by atoms with Crippen molar-refractivity contribution in [1.82, 2.24) is 14.7 Å². The van der Waals surface area contributed by atoms with Crippen LogP contribution < -0.4 is 0 Å². The topological polar surface area (TPSA) is 58.4 Å². The summed E-state index contributed by atoms with van der Waals surface area (Å²) >= 11 is 0. The molecule has 1 aromatic rings. The van der Waals surface area contributed by atoms with Gasteiger partial charge in [0.05, 0.1) is 12.2 Å². The van der Waals surface area contributed by atoms with Crippen LogP contribution in [0.15, 0.2) is 12.3 Å². The van der Waals surface area contributed by atoms with E-state index in [2.05, 4.69) is 10.00 Å². The molecule has 1 heterocycles. The molecule has 1 saturated carbocycles. The highest BCUT2D eigenvalue weighted by Crippen LogP contribution is 2.24. The number of carboxylic acids is 1. The Bertz CT molecular complexity index is 383. The maximum absolute atomic E-state index is 10.9. The minimum atomic E-state index is -0.751. The number of hydrogen-bond donors (Lipinski definition) is 1. The van der Waals surface area contributed by atoms with E-state index in [1.807, 2.05) is 17.8 Å². The van der Waals surface area contributed by atoms with E-state index >= 15 is 0 Å². The van der Waals surface area contributed by atoms with Gasteiger partial charge in [0.2, 0.25) is 0 Å². The molecule has 1 fully saturated rings. The summed E-state index contributed by atoms with van der Waals surface area (Å²) in [5, 5.41) is 13.1. The molecule has 17 heavy (non-hydrogen) atoms. The Morgan fingerprint density at radius 2 is 2.29 bits per heavy atom. The van der Waals surface area contributed by atoms with Gasteiger partial charge in [-0.3, -0.25) is 14.4 Å². The molecule has 0 aliphatic heterocycles. The van der Waals surface area contributed by atoms with Gasteiger partial charge in [0.1, 0.15) is 0 Å². The molecule has 0 aromatic carbocycles. The number of hydrogen-bond acceptors (Lipinski definition) is 3. The highest BCUT2D eigenvalue weighted by molar-refractivity contribution is 5.69. The molecule has 2 rings (SSSR count). The minimum absolute atomic E-state index is 0.121. The maximum Gasteiger partial charge on any atom is 0.317 e. The highest BCUT2D eigenvalue weighted by atomic mass is 16.4. The molecule has 1 N–H and O–H groups in total. The number of aryl methyl sites for hydroxylation is 1. The van der Waals surface area contributed by atoms with E-state index in [0.29, 0.717) is 12.6 Å². The Labute approximate surface area is 101 Å². The molecule has 1 aliphatic carbocycles. The van der Waals surface area contributed by atoms with Gasteiger partial charge >= 0.3 is 5.97 Å². The van der Waals surface area contributed by atoms with E-state index in [4.69, 9.17) is 5.11 Å². The van der Waals surface area contributed by atoms with Crippen molar-refractivity contribution in [1.29, 1.82) is 0 Å². The van der Waals surface area contributed by atoms with Crippen LogP contribution in [0.5, 0.6) is 0 Å². The first kappa shape index (κ1) is 12.1. The zero-order chi connectivity index (χ0) is 12.3. The maximum atomic E-state index is 10.9. The lowest BCUT2D eigenvalue weighted by atomic mass is 10.2. The predicted molar refractivity (Wildman–Crippen MR) is 63.5 cm³/mol. The van der Waals surface area contributed by atoms with Crippen molar-refractivity contribution >= 4 is 5.97 Å². The van der Waals surface area contributed by atoms with Gasteiger partial charge in [0, 0.05) is 25.8 Å². The Hall–Kier alpha value is -1.36. The van der Waals surface area contributed by atoms with Crippen molar-refractivity contribution < 1.29 is 9.90 Å². The molecule has 0 amide bonds. The fourth-order valence-corrected chi connectivity index (χ4v) is 2.52. The summed E-state index contributed by atoms with van der Waals surface area (Å²) in [5.41, 5.74) is 1.07. The van der Waals surface area contributed by atoms with E-state index in [-0.39, 0.29) is 6.54 Å². The smallest absolute Gasteiger partial charge is 0.317 e. The second kappa shape index (κ2) is 5.31. The third kappa shape index (κ3) is 3.06. The lowest BCUT2D eigenvalue weighted by Gasteiger charge is -2.26. The van der Waals surface area contributed by atoms with Crippen LogP contribution in [-0.4, -0.2) is 38.3 Å². The molecule has 5 heteroatoms. The van der Waals surface area contributed by atoms with E-state index in [1.165, 1.54) is 12.8 Å². The van der Waals surface area contributed by atoms with Crippen LogP contribution in [0, 0.1) is 0 Å². The van der Waals surface area contributed by atoms with E-state index in [1.54, 1.807) is 6.20 Å². The molecule has 0 unspecified atom stereocenters. The van der Waals surface area contributed by atoms with Crippen molar-refractivity contribution in [3.05, 3.63) is 18.0 Å². The van der Waals surface area contributed by atoms with Gasteiger partial charge in [-0.2, -0.15) is 5.10 Å². The first-order valence-corrected chi connectivity index (χ1v) is 6.09. The number of carbonyl (C=O) groups is 1. The largest absolute Gasteiger partial charge is 0.480 e. The predicted octanol–water partition coefficient (Wildman–Crippen LogP) is 1.25. The van der Waals surface area contributed by atoms with Gasteiger partial charge in [0.15, 0.2) is 0 Å². The average Bonchev–Trinajstić information content (AvgIpc) is 2.89. The summed E-state index contributed by atoms with van der Waals surface area (Å²) in [6, 6.07) is 2.37. The van der Waals surface area contributed by atoms with Crippen LogP contribution in [0.25, 0.3) is 0 Å². The van der Waals surface area contributed by atoms with Crippen molar-refractivity contribution in [2.75, 3.05) is 6.54 Å². The molecule has 0 bridgehead atoms. The van der Waals surface area contributed by atoms with Crippen LogP contribution in [0.2, 0.25) is 0 Å². The summed E-state index contributed by atoms with van der Waals surface area (Å²) in [6.45, 7) is 0.795. The SMILES string of the molecule is Cn1nccc1CN(CC(=O)O)C1CCCC1. The molecule has 0 atom stereocenters. The molecule has 0 spiro atoms. The second-order valence-electron chi connectivity index (χ2n) is 4.68. The number of carboxylic acid groups (broad SMARTS) is 1. The second-order valence-corrected chi connectivity index (χ2v) is 4.68. The Kier molecular flexibility index (Phi) is 3.78. The van der Waals surface area contributed by atoms with Crippen LogP contribution >= 0.6 is 0 Å². The van der Waals surface area contributed by atoms with Gasteiger partial charge < -0.3 is 5.11 Å². The van der Waals surface area contributed by atoms with Crippen LogP contribution in [-0.2, 0) is 18.4 Å². The van der Waals surface area contributed by atoms with Gasteiger partial charge in [-0.15, -0.1) is 0 Å². The molecule has 5 nitrogen and oxygen atoms in total. The normalized spacial score (nSPS) is 16.8. The van der Waals surface area contributed by atoms with E-state index < -0.39 is 5.97 Å². The summed E-state index contributed by atoms with van der Waals surface area (Å²) in [5.74, 6) is -0.751. The lowest BCUT2D eigenvalue weighted by Crippen LogP contribution is -2.37. The first-order valence-electron chi connectivity index (χ1n) is 6.09. The highest BCUT2D eigenvalue weighted by Gasteiger charge is 2.24. The zero-order valence-corrected chi connectivity index (χ0v) is 10.2. The van der Waals surface area contributed by atoms with E-state index in [0.717, 1.165) is 18.5 Å². The lowest BCUT2D eigenvalue weighted by molar-refractivity contribution is -0.139. The molecular weight excluding hydrogens is 218 g/mol. The number of aliphatic carboxylic acids is 1. The summed E-state index contributed by atoms with van der Waals surface area (Å²) in [4.78, 5) is 13.0. The number of rotatable bonds is 5. The Balaban J connectivity index is 2.04. The van der Waals surface area contributed by atoms with Crippen LogP contribution in [0.4, 0.5) is 0 Å². The zero-order valence-electron chi connectivity index (χ0n) is 10.2. The van der Waals surface area contributed by atoms with Gasteiger partial charge in [-0.05, 0) is 18.9 Å². The molecule has 1 aliphatic rings. The molecule has 0 saturated heterocycles. The molecular formula is C12H19N3O2. The minimum Gasteiger partial charge on any atom is -0.480 e. The summed E-state index contributed by atoms with van der Waals surface area (Å²) in [7, 11) is 1.89. The van der Waals surface area contributed by atoms with Crippen LogP contribution in [0.1, 0.15) is 31.4 Å². The van der Waals surface area contributed by atoms with Gasteiger partial charge in [-0.25, -0.2) is 0 Å². The molecule has 94 valence electrons. The van der Waals surface area contributed by atoms with Crippen molar-refractivity contribution in [3.8, 4) is 0 Å². The van der Waals surface area contributed by atoms with Crippen molar-refractivity contribution in [3.63, 3.8) is 0 Å². The quantitative estimate of drug-likeness (QED) is 0.837. The van der Waals surface area contributed by atoms with E-state index in [9.17, 15) is 4.79 Å². The number of nitrogens with zero attached hydrogens (tertiary/aromatic N) is 3. The molecule has 1 aromatic heterocycles. The Morgan fingerprint density at radius 3 is 2.82 bits per heavy atom. The summed E-state index contributed by atoms with van der Waals surface area (Å²) < 4.78 is 1.81. The monoisotopic (exact) mass is 237 g/mol. The number of aromatic nitrogens is 2. The van der Waals surface area contributed by atoms with Gasteiger partial charge in [0.25, 0.3) is 0 Å².